The predicted molar refractivity (Wildman–Crippen MR) is 48.8 cm³/mol. The van der Waals surface area contributed by atoms with Crippen molar-refractivity contribution in [2.45, 2.75) is 38.2 Å². The fourth-order valence-corrected chi connectivity index (χ4v) is 1.99. The van der Waals surface area contributed by atoms with Crippen molar-refractivity contribution in [3.8, 4) is 0 Å². The van der Waals surface area contributed by atoms with Crippen molar-refractivity contribution in [2.75, 3.05) is 6.61 Å². The maximum absolute atomic E-state index is 9.97. The van der Waals surface area contributed by atoms with Gasteiger partial charge in [0.25, 0.3) is 0 Å². The Hall–Kier alpha value is -0.340. The van der Waals surface area contributed by atoms with Gasteiger partial charge in [-0.25, -0.2) is 0 Å². The minimum Gasteiger partial charge on any atom is -0.392 e. The van der Waals surface area contributed by atoms with E-state index in [1.165, 1.54) is 6.42 Å². The van der Waals surface area contributed by atoms with E-state index in [0.29, 0.717) is 5.92 Å². The second kappa shape index (κ2) is 4.06. The van der Waals surface area contributed by atoms with Crippen LogP contribution in [-0.2, 0) is 0 Å². The van der Waals surface area contributed by atoms with Gasteiger partial charge in [-0.15, -0.1) is 0 Å². The zero-order valence-electron chi connectivity index (χ0n) is 7.66. The summed E-state index contributed by atoms with van der Waals surface area (Å²) in [6, 6.07) is 0. The van der Waals surface area contributed by atoms with Gasteiger partial charge in [0, 0.05) is 0 Å². The summed E-state index contributed by atoms with van der Waals surface area (Å²) in [5.74, 6) is 0.604. The van der Waals surface area contributed by atoms with Crippen molar-refractivity contribution < 1.29 is 10.2 Å². The van der Waals surface area contributed by atoms with Crippen LogP contribution in [0.2, 0.25) is 0 Å². The fourth-order valence-electron chi connectivity index (χ4n) is 1.99. The molecule has 2 atom stereocenters. The molecule has 0 saturated heterocycles. The molecule has 0 bridgehead atoms. The Balaban J connectivity index is 2.51. The topological polar surface area (TPSA) is 40.5 Å². The molecule has 0 aromatic carbocycles. The summed E-state index contributed by atoms with van der Waals surface area (Å²) >= 11 is 0. The highest BCUT2D eigenvalue weighted by atomic mass is 16.3. The zero-order chi connectivity index (χ0) is 9.03. The summed E-state index contributed by atoms with van der Waals surface area (Å²) in [4.78, 5) is 0. The lowest BCUT2D eigenvalue weighted by atomic mass is 9.79. The molecule has 0 radical (unpaired) electrons. The summed E-state index contributed by atoms with van der Waals surface area (Å²) < 4.78 is 0. The Morgan fingerprint density at radius 2 is 2.33 bits per heavy atom. The van der Waals surface area contributed by atoms with Crippen molar-refractivity contribution in [2.24, 2.45) is 5.92 Å². The third-order valence-electron chi connectivity index (χ3n) is 2.54. The first-order chi connectivity index (χ1) is 5.66. The van der Waals surface area contributed by atoms with Crippen LogP contribution < -0.4 is 0 Å². The molecule has 1 aliphatic carbocycles. The van der Waals surface area contributed by atoms with Crippen LogP contribution in [0.1, 0.15) is 32.6 Å². The van der Waals surface area contributed by atoms with Crippen molar-refractivity contribution in [1.82, 2.24) is 0 Å². The van der Waals surface area contributed by atoms with Crippen molar-refractivity contribution >= 4 is 0 Å². The average molecular weight is 170 g/mol. The first kappa shape index (κ1) is 9.75. The first-order valence-electron chi connectivity index (χ1n) is 4.67. The maximum atomic E-state index is 9.97. The fraction of sp³-hybridized carbons (Fsp3) is 0.800. The van der Waals surface area contributed by atoms with Gasteiger partial charge in [-0.3, -0.25) is 0 Å². The SMILES string of the molecule is CC1CCCC(O)(C=CCO)C1. The monoisotopic (exact) mass is 170 g/mol. The average Bonchev–Trinajstić information content (AvgIpc) is 2.01. The van der Waals surface area contributed by atoms with E-state index in [1.807, 2.05) is 0 Å². The van der Waals surface area contributed by atoms with Crippen LogP contribution in [0.5, 0.6) is 0 Å². The second-order valence-corrected chi connectivity index (χ2v) is 3.89. The maximum Gasteiger partial charge on any atom is 0.0831 e. The molecule has 0 amide bonds. The van der Waals surface area contributed by atoms with Crippen LogP contribution in [-0.4, -0.2) is 22.4 Å². The largest absolute Gasteiger partial charge is 0.392 e. The Morgan fingerprint density at radius 3 is 2.92 bits per heavy atom. The van der Waals surface area contributed by atoms with Gasteiger partial charge in [-0.1, -0.05) is 25.5 Å². The summed E-state index contributed by atoms with van der Waals surface area (Å²) in [5, 5.41) is 18.6. The van der Waals surface area contributed by atoms with Gasteiger partial charge in [0.1, 0.15) is 0 Å². The zero-order valence-corrected chi connectivity index (χ0v) is 7.66. The van der Waals surface area contributed by atoms with Crippen molar-refractivity contribution in [1.29, 1.82) is 0 Å². The van der Waals surface area contributed by atoms with E-state index >= 15 is 0 Å². The molecule has 1 saturated carbocycles. The second-order valence-electron chi connectivity index (χ2n) is 3.89. The molecule has 2 heteroatoms. The summed E-state index contributed by atoms with van der Waals surface area (Å²) in [7, 11) is 0. The molecule has 2 nitrogen and oxygen atoms in total. The molecule has 12 heavy (non-hydrogen) atoms. The number of hydrogen-bond donors (Lipinski definition) is 2. The Labute approximate surface area is 73.9 Å². The number of aliphatic hydroxyl groups is 2. The van der Waals surface area contributed by atoms with Crippen molar-refractivity contribution in [3.63, 3.8) is 0 Å². The smallest absolute Gasteiger partial charge is 0.0831 e. The van der Waals surface area contributed by atoms with Crippen LogP contribution in [0, 0.1) is 5.92 Å². The van der Waals surface area contributed by atoms with Gasteiger partial charge in [0.15, 0.2) is 0 Å². The Bertz CT molecular complexity index is 165. The number of aliphatic hydroxyl groups excluding tert-OH is 1. The van der Waals surface area contributed by atoms with Crippen LogP contribution in [0.3, 0.4) is 0 Å². The van der Waals surface area contributed by atoms with Gasteiger partial charge < -0.3 is 10.2 Å². The van der Waals surface area contributed by atoms with Crippen LogP contribution in [0.15, 0.2) is 12.2 Å². The van der Waals surface area contributed by atoms with Crippen LogP contribution in [0.4, 0.5) is 0 Å². The third-order valence-corrected chi connectivity index (χ3v) is 2.54. The van der Waals surface area contributed by atoms with E-state index in [2.05, 4.69) is 6.92 Å². The van der Waals surface area contributed by atoms with Gasteiger partial charge in [-0.2, -0.15) is 0 Å². The molecule has 1 aliphatic rings. The van der Waals surface area contributed by atoms with Crippen LogP contribution >= 0.6 is 0 Å². The number of rotatable bonds is 2. The van der Waals surface area contributed by atoms with Crippen molar-refractivity contribution in [3.05, 3.63) is 12.2 Å². The minimum absolute atomic E-state index is 0.0245. The summed E-state index contributed by atoms with van der Waals surface area (Å²) in [6.45, 7) is 2.19. The predicted octanol–water partition coefficient (Wildman–Crippen LogP) is 1.48. The molecule has 2 unspecified atom stereocenters. The first-order valence-corrected chi connectivity index (χ1v) is 4.67. The van der Waals surface area contributed by atoms with E-state index < -0.39 is 5.60 Å². The molecule has 0 spiro atoms. The van der Waals surface area contributed by atoms with Crippen LogP contribution in [0.25, 0.3) is 0 Å². The molecule has 70 valence electrons. The highest BCUT2D eigenvalue weighted by molar-refractivity contribution is 5.03. The third kappa shape index (κ3) is 2.61. The quantitative estimate of drug-likeness (QED) is 0.616. The van der Waals surface area contributed by atoms with E-state index in [4.69, 9.17) is 5.11 Å². The lowest BCUT2D eigenvalue weighted by molar-refractivity contribution is 0.0314. The van der Waals surface area contributed by atoms with Gasteiger partial charge >= 0.3 is 0 Å². The highest BCUT2D eigenvalue weighted by Crippen LogP contribution is 2.32. The molecular formula is C10H18O2. The summed E-state index contributed by atoms with van der Waals surface area (Å²) in [5.41, 5.74) is -0.638. The van der Waals surface area contributed by atoms with E-state index in [1.54, 1.807) is 12.2 Å². The molecular weight excluding hydrogens is 152 g/mol. The Kier molecular flexibility index (Phi) is 3.29. The van der Waals surface area contributed by atoms with E-state index in [-0.39, 0.29) is 6.61 Å². The molecule has 1 rings (SSSR count). The Morgan fingerprint density at radius 1 is 1.58 bits per heavy atom. The molecule has 0 heterocycles. The van der Waals surface area contributed by atoms with Gasteiger partial charge in [0.2, 0.25) is 0 Å². The number of hydrogen-bond acceptors (Lipinski definition) is 2. The highest BCUT2D eigenvalue weighted by Gasteiger charge is 2.29. The molecule has 1 fully saturated rings. The summed E-state index contributed by atoms with van der Waals surface area (Å²) in [6.07, 6.45) is 7.38. The standard InChI is InChI=1S/C10H18O2/c1-9-4-2-5-10(12,8-9)6-3-7-11/h3,6,9,11-12H,2,4-5,7-8H2,1H3. The normalized spacial score (nSPS) is 37.4. The molecule has 2 N–H and O–H groups in total. The van der Waals surface area contributed by atoms with E-state index in [9.17, 15) is 5.11 Å². The molecule has 0 aromatic rings. The lowest BCUT2D eigenvalue weighted by Gasteiger charge is -2.32. The van der Waals surface area contributed by atoms with Gasteiger partial charge in [0.05, 0.1) is 12.2 Å². The van der Waals surface area contributed by atoms with E-state index in [0.717, 1.165) is 19.3 Å². The van der Waals surface area contributed by atoms with Gasteiger partial charge in [-0.05, 0) is 25.2 Å². The lowest BCUT2D eigenvalue weighted by Crippen LogP contribution is -2.32. The minimum atomic E-state index is -0.638. The molecule has 0 aliphatic heterocycles. The molecule has 0 aromatic heterocycles.